The first-order valence-corrected chi connectivity index (χ1v) is 11.0. The zero-order valence-corrected chi connectivity index (χ0v) is 17.4. The van der Waals surface area contributed by atoms with Crippen LogP contribution in [0.25, 0.3) is 0 Å². The van der Waals surface area contributed by atoms with E-state index in [1.54, 1.807) is 7.11 Å². The molecule has 2 aliphatic heterocycles. The first-order chi connectivity index (χ1) is 13.8. The number of hydrogen-bond acceptors (Lipinski definition) is 4. The normalized spacial score (nSPS) is 19.2. The van der Waals surface area contributed by atoms with Crippen LogP contribution in [0.4, 0.5) is 0 Å². The molecule has 2 saturated heterocycles. The monoisotopic (exact) mass is 388 g/mol. The maximum atomic E-state index is 13.2. The van der Waals surface area contributed by atoms with Crippen LogP contribution in [0.5, 0.6) is 5.75 Å². The summed E-state index contributed by atoms with van der Waals surface area (Å²) in [5.41, 5.74) is 1.02. The van der Waals surface area contributed by atoms with Crippen LogP contribution in [0, 0.1) is 0 Å². The van der Waals surface area contributed by atoms with E-state index >= 15 is 0 Å². The van der Waals surface area contributed by atoms with E-state index in [4.69, 9.17) is 9.47 Å². The van der Waals surface area contributed by atoms with Crippen LogP contribution >= 0.6 is 0 Å². The summed E-state index contributed by atoms with van der Waals surface area (Å²) >= 11 is 0. The molecule has 3 rings (SSSR count). The van der Waals surface area contributed by atoms with Crippen molar-refractivity contribution in [1.29, 1.82) is 0 Å². The van der Waals surface area contributed by atoms with Gasteiger partial charge in [-0.25, -0.2) is 0 Å². The van der Waals surface area contributed by atoms with Gasteiger partial charge in [-0.15, -0.1) is 0 Å². The maximum absolute atomic E-state index is 13.2. The van der Waals surface area contributed by atoms with Gasteiger partial charge in [-0.05, 0) is 69.4 Å². The number of carbonyl (C=O) groups excluding carboxylic acids is 1. The molecule has 0 N–H and O–H groups in total. The highest BCUT2D eigenvalue weighted by Gasteiger charge is 2.25. The van der Waals surface area contributed by atoms with E-state index in [0.29, 0.717) is 12.5 Å². The second-order valence-corrected chi connectivity index (χ2v) is 8.07. The lowest BCUT2D eigenvalue weighted by Gasteiger charge is -2.35. The highest BCUT2D eigenvalue weighted by molar-refractivity contribution is 5.79. The van der Waals surface area contributed by atoms with Gasteiger partial charge >= 0.3 is 0 Å². The molecule has 1 amide bonds. The summed E-state index contributed by atoms with van der Waals surface area (Å²) < 4.78 is 10.8. The second-order valence-electron chi connectivity index (χ2n) is 8.07. The number of benzene rings is 1. The number of carbonyl (C=O) groups is 1. The predicted molar refractivity (Wildman–Crippen MR) is 112 cm³/mol. The molecular formula is C23H36N2O3. The predicted octanol–water partition coefficient (Wildman–Crippen LogP) is 3.51. The van der Waals surface area contributed by atoms with Gasteiger partial charge in [0.25, 0.3) is 0 Å². The van der Waals surface area contributed by atoms with E-state index < -0.39 is 0 Å². The van der Waals surface area contributed by atoms with E-state index in [-0.39, 0.29) is 5.91 Å². The molecular weight excluding hydrogens is 352 g/mol. The summed E-state index contributed by atoms with van der Waals surface area (Å²) in [6, 6.07) is 8.18. The third kappa shape index (κ3) is 6.49. The number of nitrogens with zero attached hydrogens (tertiary/aromatic N) is 2. The van der Waals surface area contributed by atoms with Crippen molar-refractivity contribution >= 4 is 5.91 Å². The summed E-state index contributed by atoms with van der Waals surface area (Å²) in [7, 11) is 1.66. The Morgan fingerprint density at radius 1 is 1.18 bits per heavy atom. The van der Waals surface area contributed by atoms with Crippen LogP contribution in [0.2, 0.25) is 0 Å². The summed E-state index contributed by atoms with van der Waals surface area (Å²) in [6.45, 7) is 5.92. The van der Waals surface area contributed by atoms with E-state index in [0.717, 1.165) is 56.9 Å². The van der Waals surface area contributed by atoms with Crippen molar-refractivity contribution in [2.45, 2.75) is 57.4 Å². The number of ether oxygens (including phenoxy) is 2. The van der Waals surface area contributed by atoms with Gasteiger partial charge in [0.2, 0.25) is 5.91 Å². The molecule has 0 unspecified atom stereocenters. The van der Waals surface area contributed by atoms with Crippen molar-refractivity contribution in [1.82, 2.24) is 9.80 Å². The first-order valence-electron chi connectivity index (χ1n) is 11.0. The Morgan fingerprint density at radius 3 is 2.64 bits per heavy atom. The van der Waals surface area contributed by atoms with Crippen molar-refractivity contribution < 1.29 is 14.3 Å². The van der Waals surface area contributed by atoms with Gasteiger partial charge in [0, 0.05) is 25.8 Å². The summed E-state index contributed by atoms with van der Waals surface area (Å²) in [6.07, 6.45) is 8.77. The van der Waals surface area contributed by atoms with Crippen LogP contribution in [-0.2, 0) is 16.0 Å². The Bertz CT molecular complexity index is 593. The van der Waals surface area contributed by atoms with Crippen molar-refractivity contribution in [3.8, 4) is 5.75 Å². The molecule has 2 fully saturated rings. The molecule has 0 atom stereocenters. The topological polar surface area (TPSA) is 42.0 Å². The molecule has 0 radical (unpaired) electrons. The van der Waals surface area contributed by atoms with Gasteiger partial charge in [-0.2, -0.15) is 0 Å². The molecule has 1 aromatic rings. The number of hydrogen-bond donors (Lipinski definition) is 0. The highest BCUT2D eigenvalue weighted by atomic mass is 16.5. The Balaban J connectivity index is 1.57. The second kappa shape index (κ2) is 11.4. The molecule has 156 valence electrons. The highest BCUT2D eigenvalue weighted by Crippen LogP contribution is 2.19. The molecule has 0 saturated carbocycles. The minimum Gasteiger partial charge on any atom is -0.497 e. The Morgan fingerprint density at radius 2 is 1.93 bits per heavy atom. The SMILES string of the molecule is COc1cccc(CC(=O)N(CCCN2CCCCCC2)C2CCOCC2)c1. The van der Waals surface area contributed by atoms with Gasteiger partial charge in [0.15, 0.2) is 0 Å². The molecule has 28 heavy (non-hydrogen) atoms. The lowest BCUT2D eigenvalue weighted by Crippen LogP contribution is -2.45. The van der Waals surface area contributed by atoms with Crippen molar-refractivity contribution in [2.75, 3.05) is 46.5 Å². The molecule has 0 aromatic heterocycles. The smallest absolute Gasteiger partial charge is 0.227 e. The molecule has 5 nitrogen and oxygen atoms in total. The fourth-order valence-corrected chi connectivity index (χ4v) is 4.39. The molecule has 5 heteroatoms. The molecule has 2 heterocycles. The summed E-state index contributed by atoms with van der Waals surface area (Å²) in [5.74, 6) is 1.04. The van der Waals surface area contributed by atoms with Gasteiger partial charge in [-0.1, -0.05) is 25.0 Å². The summed E-state index contributed by atoms with van der Waals surface area (Å²) in [4.78, 5) is 17.9. The van der Waals surface area contributed by atoms with Gasteiger partial charge in [0.1, 0.15) is 5.75 Å². The minimum atomic E-state index is 0.232. The molecule has 0 aliphatic carbocycles. The molecule has 2 aliphatic rings. The van der Waals surface area contributed by atoms with Crippen LogP contribution in [0.1, 0.15) is 50.5 Å². The quantitative estimate of drug-likeness (QED) is 0.683. The average Bonchev–Trinajstić information content (AvgIpc) is 3.01. The minimum absolute atomic E-state index is 0.232. The first kappa shape index (κ1) is 21.1. The van der Waals surface area contributed by atoms with E-state index in [2.05, 4.69) is 9.80 Å². The van der Waals surface area contributed by atoms with Crippen molar-refractivity contribution in [2.24, 2.45) is 0 Å². The number of amides is 1. The zero-order valence-electron chi connectivity index (χ0n) is 17.4. The fraction of sp³-hybridized carbons (Fsp3) is 0.696. The zero-order chi connectivity index (χ0) is 19.6. The Hall–Kier alpha value is -1.59. The van der Waals surface area contributed by atoms with Crippen molar-refractivity contribution in [3.63, 3.8) is 0 Å². The Labute approximate surface area is 170 Å². The van der Waals surface area contributed by atoms with E-state index in [1.807, 2.05) is 24.3 Å². The van der Waals surface area contributed by atoms with Crippen LogP contribution in [0.15, 0.2) is 24.3 Å². The Kier molecular flexibility index (Phi) is 8.62. The third-order valence-corrected chi connectivity index (χ3v) is 6.01. The third-order valence-electron chi connectivity index (χ3n) is 6.01. The maximum Gasteiger partial charge on any atom is 0.227 e. The van der Waals surface area contributed by atoms with Crippen LogP contribution in [0.3, 0.4) is 0 Å². The van der Waals surface area contributed by atoms with E-state index in [9.17, 15) is 4.79 Å². The number of methoxy groups -OCH3 is 1. The van der Waals surface area contributed by atoms with E-state index in [1.165, 1.54) is 38.8 Å². The lowest BCUT2D eigenvalue weighted by atomic mass is 10.0. The van der Waals surface area contributed by atoms with Crippen LogP contribution in [-0.4, -0.2) is 68.3 Å². The van der Waals surface area contributed by atoms with Crippen LogP contribution < -0.4 is 4.74 Å². The van der Waals surface area contributed by atoms with Gasteiger partial charge in [-0.3, -0.25) is 4.79 Å². The lowest BCUT2D eigenvalue weighted by molar-refractivity contribution is -0.134. The number of rotatable bonds is 8. The fourth-order valence-electron chi connectivity index (χ4n) is 4.39. The molecule has 0 bridgehead atoms. The summed E-state index contributed by atoms with van der Waals surface area (Å²) in [5, 5.41) is 0. The molecule has 1 aromatic carbocycles. The number of likely N-dealkylation sites (tertiary alicyclic amines) is 1. The largest absolute Gasteiger partial charge is 0.497 e. The van der Waals surface area contributed by atoms with Crippen molar-refractivity contribution in [3.05, 3.63) is 29.8 Å². The molecule has 0 spiro atoms. The average molecular weight is 389 g/mol. The standard InChI is InChI=1S/C23H36N2O3/c1-27-22-9-6-8-20(18-22)19-23(26)25(21-10-16-28-17-11-21)15-7-14-24-12-4-2-3-5-13-24/h6,8-9,18,21H,2-5,7,10-17,19H2,1H3. The van der Waals surface area contributed by atoms with Gasteiger partial charge in [0.05, 0.1) is 13.5 Å². The van der Waals surface area contributed by atoms with Gasteiger partial charge < -0.3 is 19.3 Å².